The minimum Gasteiger partial charge on any atom is -0.449 e. The van der Waals surface area contributed by atoms with E-state index in [1.54, 1.807) is 11.4 Å². The number of urea groups is 1. The number of hydrogen-bond donors (Lipinski definition) is 3. The average Bonchev–Trinajstić information content (AvgIpc) is 2.47. The van der Waals surface area contributed by atoms with Crippen LogP contribution in [0, 0.1) is 11.3 Å². The highest BCUT2D eigenvalue weighted by molar-refractivity contribution is 5.98. The average molecular weight is 318 g/mol. The van der Waals surface area contributed by atoms with Crippen molar-refractivity contribution in [3.8, 4) is 6.07 Å². The lowest BCUT2D eigenvalue weighted by molar-refractivity contribution is -0.127. The van der Waals surface area contributed by atoms with Crippen LogP contribution in [0.5, 0.6) is 0 Å². The predicted molar refractivity (Wildman–Crippen MR) is 77.9 cm³/mol. The maximum absolute atomic E-state index is 11.8. The zero-order valence-electron chi connectivity index (χ0n) is 12.2. The Balaban J connectivity index is 2.64. The SMILES string of the molecule is CC(OC(=O)c1ccc(NC(=O)CC#N)cc1)C(=O)NC(N)=O. The molecule has 1 rings (SSSR count). The smallest absolute Gasteiger partial charge is 0.338 e. The molecular formula is C14H14N4O5. The third kappa shape index (κ3) is 5.84. The molecule has 0 saturated carbocycles. The number of carbonyl (C=O) groups excluding carboxylic acids is 4. The highest BCUT2D eigenvalue weighted by Gasteiger charge is 2.19. The molecule has 0 aromatic heterocycles. The summed E-state index contributed by atoms with van der Waals surface area (Å²) in [6.07, 6.45) is -1.49. The van der Waals surface area contributed by atoms with Crippen LogP contribution in [0.2, 0.25) is 0 Å². The first kappa shape index (κ1) is 17.6. The van der Waals surface area contributed by atoms with E-state index in [0.717, 1.165) is 0 Å². The van der Waals surface area contributed by atoms with Crippen molar-refractivity contribution in [1.29, 1.82) is 5.26 Å². The fourth-order valence-electron chi connectivity index (χ4n) is 1.47. The van der Waals surface area contributed by atoms with Gasteiger partial charge in [-0.05, 0) is 31.2 Å². The minimum atomic E-state index is -1.20. The van der Waals surface area contributed by atoms with Gasteiger partial charge >= 0.3 is 12.0 Å². The summed E-state index contributed by atoms with van der Waals surface area (Å²) in [5, 5.41) is 12.6. The van der Waals surface area contributed by atoms with Crippen LogP contribution in [-0.2, 0) is 14.3 Å². The number of imide groups is 1. The van der Waals surface area contributed by atoms with E-state index < -0.39 is 29.9 Å². The Labute approximate surface area is 131 Å². The molecule has 0 spiro atoms. The maximum Gasteiger partial charge on any atom is 0.338 e. The van der Waals surface area contributed by atoms with Crippen LogP contribution >= 0.6 is 0 Å². The molecule has 0 aliphatic carbocycles. The van der Waals surface area contributed by atoms with Gasteiger partial charge in [-0.3, -0.25) is 14.9 Å². The van der Waals surface area contributed by atoms with Gasteiger partial charge in [-0.15, -0.1) is 0 Å². The highest BCUT2D eigenvalue weighted by Crippen LogP contribution is 2.11. The van der Waals surface area contributed by atoms with E-state index in [1.165, 1.54) is 31.2 Å². The molecule has 23 heavy (non-hydrogen) atoms. The molecule has 1 aromatic carbocycles. The van der Waals surface area contributed by atoms with Crippen LogP contribution in [0.4, 0.5) is 10.5 Å². The Hall–Kier alpha value is -3.41. The Kier molecular flexibility index (Phi) is 6.24. The van der Waals surface area contributed by atoms with E-state index in [-0.39, 0.29) is 12.0 Å². The van der Waals surface area contributed by atoms with E-state index in [1.807, 2.05) is 0 Å². The van der Waals surface area contributed by atoms with Gasteiger partial charge in [0.05, 0.1) is 11.6 Å². The number of ether oxygens (including phenoxy) is 1. The number of primary amides is 1. The summed E-state index contributed by atoms with van der Waals surface area (Å²) in [5.41, 5.74) is 5.33. The van der Waals surface area contributed by atoms with Gasteiger partial charge in [0.15, 0.2) is 6.10 Å². The molecule has 0 aliphatic heterocycles. The molecule has 1 atom stereocenters. The van der Waals surface area contributed by atoms with Crippen molar-refractivity contribution in [2.45, 2.75) is 19.4 Å². The van der Waals surface area contributed by atoms with E-state index in [0.29, 0.717) is 5.69 Å². The van der Waals surface area contributed by atoms with E-state index in [4.69, 9.17) is 15.7 Å². The zero-order chi connectivity index (χ0) is 17.4. The molecule has 0 bridgehead atoms. The second-order valence-electron chi connectivity index (χ2n) is 4.36. The third-order valence-corrected chi connectivity index (χ3v) is 2.54. The molecule has 0 heterocycles. The largest absolute Gasteiger partial charge is 0.449 e. The van der Waals surface area contributed by atoms with Crippen LogP contribution < -0.4 is 16.4 Å². The highest BCUT2D eigenvalue weighted by atomic mass is 16.5. The van der Waals surface area contributed by atoms with Gasteiger partial charge in [-0.2, -0.15) is 5.26 Å². The molecule has 9 heteroatoms. The standard InChI is InChI=1S/C14H14N4O5/c1-8(12(20)18-14(16)22)23-13(21)9-2-4-10(5-3-9)17-11(19)6-7-15/h2-5,8H,6H2,1H3,(H,17,19)(H3,16,18,20,22). The van der Waals surface area contributed by atoms with Gasteiger partial charge in [0.25, 0.3) is 5.91 Å². The van der Waals surface area contributed by atoms with Crippen molar-refractivity contribution >= 4 is 29.5 Å². The number of hydrogen-bond acceptors (Lipinski definition) is 6. The lowest BCUT2D eigenvalue weighted by Gasteiger charge is -2.12. The summed E-state index contributed by atoms with van der Waals surface area (Å²) >= 11 is 0. The monoisotopic (exact) mass is 318 g/mol. The van der Waals surface area contributed by atoms with Gasteiger partial charge in [0.2, 0.25) is 5.91 Å². The molecule has 0 aliphatic rings. The lowest BCUT2D eigenvalue weighted by Crippen LogP contribution is -2.42. The predicted octanol–water partition coefficient (Wildman–Crippen LogP) is 0.279. The lowest BCUT2D eigenvalue weighted by atomic mass is 10.2. The number of rotatable bonds is 5. The van der Waals surface area contributed by atoms with E-state index >= 15 is 0 Å². The Morgan fingerprint density at radius 3 is 2.39 bits per heavy atom. The topological polar surface area (TPSA) is 151 Å². The number of nitriles is 1. The quantitative estimate of drug-likeness (QED) is 0.663. The molecule has 9 nitrogen and oxygen atoms in total. The molecule has 0 saturated heterocycles. The molecule has 120 valence electrons. The Morgan fingerprint density at radius 1 is 1.26 bits per heavy atom. The number of benzene rings is 1. The molecule has 1 unspecified atom stereocenters. The summed E-state index contributed by atoms with van der Waals surface area (Å²) in [6.45, 7) is 1.28. The first-order chi connectivity index (χ1) is 10.8. The first-order valence-electron chi connectivity index (χ1n) is 6.41. The normalized spacial score (nSPS) is 10.8. The number of carbonyl (C=O) groups is 4. The maximum atomic E-state index is 11.8. The molecule has 4 N–H and O–H groups in total. The van der Waals surface area contributed by atoms with Gasteiger partial charge in [0.1, 0.15) is 6.42 Å². The van der Waals surface area contributed by atoms with Crippen molar-refractivity contribution in [1.82, 2.24) is 5.32 Å². The second-order valence-corrected chi connectivity index (χ2v) is 4.36. The summed E-state index contributed by atoms with van der Waals surface area (Å²) in [5.74, 6) is -2.10. The fraction of sp³-hybridized carbons (Fsp3) is 0.214. The molecule has 0 radical (unpaired) electrons. The number of amides is 4. The van der Waals surface area contributed by atoms with Crippen LogP contribution in [-0.4, -0.2) is 29.9 Å². The second kappa shape index (κ2) is 8.14. The van der Waals surface area contributed by atoms with Gasteiger partial charge in [-0.25, -0.2) is 9.59 Å². The Morgan fingerprint density at radius 2 is 1.87 bits per heavy atom. The van der Waals surface area contributed by atoms with Crippen LogP contribution in [0.25, 0.3) is 0 Å². The Bertz CT molecular complexity index is 663. The summed E-state index contributed by atoms with van der Waals surface area (Å²) in [4.78, 5) is 45.0. The first-order valence-corrected chi connectivity index (χ1v) is 6.41. The third-order valence-electron chi connectivity index (χ3n) is 2.54. The summed E-state index contributed by atoms with van der Waals surface area (Å²) in [7, 11) is 0. The molecular weight excluding hydrogens is 304 g/mol. The molecule has 1 aromatic rings. The van der Waals surface area contributed by atoms with E-state index in [2.05, 4.69) is 5.32 Å². The van der Waals surface area contributed by atoms with Crippen molar-refractivity contribution in [3.05, 3.63) is 29.8 Å². The van der Waals surface area contributed by atoms with Gasteiger partial charge in [0, 0.05) is 5.69 Å². The molecule has 0 fully saturated rings. The van der Waals surface area contributed by atoms with Crippen molar-refractivity contribution in [2.24, 2.45) is 5.73 Å². The van der Waals surface area contributed by atoms with Crippen molar-refractivity contribution < 1.29 is 23.9 Å². The summed E-state index contributed by atoms with van der Waals surface area (Å²) < 4.78 is 4.87. The van der Waals surface area contributed by atoms with Crippen LogP contribution in [0.1, 0.15) is 23.7 Å². The number of nitrogens with two attached hydrogens (primary N) is 1. The number of esters is 1. The van der Waals surface area contributed by atoms with Crippen molar-refractivity contribution in [3.63, 3.8) is 0 Å². The number of nitrogens with zero attached hydrogens (tertiary/aromatic N) is 1. The van der Waals surface area contributed by atoms with Gasteiger partial charge in [-0.1, -0.05) is 0 Å². The fourth-order valence-corrected chi connectivity index (χ4v) is 1.47. The number of anilines is 1. The minimum absolute atomic E-state index is 0.141. The number of nitrogens with one attached hydrogen (secondary N) is 2. The van der Waals surface area contributed by atoms with Gasteiger partial charge < -0.3 is 15.8 Å². The van der Waals surface area contributed by atoms with Crippen molar-refractivity contribution in [2.75, 3.05) is 5.32 Å². The van der Waals surface area contributed by atoms with Crippen LogP contribution in [0.3, 0.4) is 0 Å². The zero-order valence-corrected chi connectivity index (χ0v) is 12.2. The van der Waals surface area contributed by atoms with E-state index in [9.17, 15) is 19.2 Å². The summed E-state index contributed by atoms with van der Waals surface area (Å²) in [6, 6.07) is 6.30. The molecule has 4 amide bonds. The van der Waals surface area contributed by atoms with Crippen LogP contribution in [0.15, 0.2) is 24.3 Å².